The molecule has 9 rings (SSSR count). The molecule has 0 aliphatic heterocycles. The first kappa shape index (κ1) is 24.7. The number of hydrogen-bond donors (Lipinski definition) is 0. The van der Waals surface area contributed by atoms with Crippen LogP contribution in [0.2, 0.25) is 0 Å². The summed E-state index contributed by atoms with van der Waals surface area (Å²) in [6, 6.07) is 58.3. The molecule has 2 aromatic heterocycles. The van der Waals surface area contributed by atoms with Crippen LogP contribution in [0, 0.1) is 0 Å². The van der Waals surface area contributed by atoms with Crippen molar-refractivity contribution in [2.45, 2.75) is 0 Å². The zero-order chi connectivity index (χ0) is 29.0. The Bertz CT molecular complexity index is 2470. The zero-order valence-corrected chi connectivity index (χ0v) is 23.9. The van der Waals surface area contributed by atoms with Gasteiger partial charge in [-0.25, -0.2) is 0 Å². The molecule has 2 nitrogen and oxygen atoms in total. The first-order valence-corrected chi connectivity index (χ1v) is 15.0. The van der Waals surface area contributed by atoms with Crippen molar-refractivity contribution < 1.29 is 4.42 Å². The van der Waals surface area contributed by atoms with Gasteiger partial charge in [-0.15, -0.1) is 0 Å². The third kappa shape index (κ3) is 3.82. The van der Waals surface area contributed by atoms with Crippen LogP contribution < -0.4 is 0 Å². The number of fused-ring (bicyclic) bond motifs is 6. The predicted octanol–water partition coefficient (Wildman–Crippen LogP) is 11.7. The molecule has 0 amide bonds. The molecule has 0 saturated heterocycles. The summed E-state index contributed by atoms with van der Waals surface area (Å²) in [4.78, 5) is 0. The van der Waals surface area contributed by atoms with Gasteiger partial charge in [-0.2, -0.15) is 0 Å². The second-order valence-corrected chi connectivity index (χ2v) is 11.3. The SMILES string of the molecule is c1ccc(-c2cccc3c2oc2c(-c4ccc(-c5ccc6c(c5)c5ccccc5n6-c5ccccc5)cc4)cccc23)cc1. The van der Waals surface area contributed by atoms with Crippen LogP contribution in [-0.4, -0.2) is 4.57 Å². The lowest BCUT2D eigenvalue weighted by atomic mass is 9.97. The largest absolute Gasteiger partial charge is 0.455 e. The third-order valence-corrected chi connectivity index (χ3v) is 8.83. The molecule has 0 spiro atoms. The maximum atomic E-state index is 6.66. The topological polar surface area (TPSA) is 18.1 Å². The van der Waals surface area contributed by atoms with E-state index in [1.165, 1.54) is 38.6 Å². The average Bonchev–Trinajstić information content (AvgIpc) is 3.65. The number of rotatable bonds is 4. The van der Waals surface area contributed by atoms with Crippen LogP contribution in [-0.2, 0) is 0 Å². The van der Waals surface area contributed by atoms with E-state index in [0.29, 0.717) is 0 Å². The first-order valence-electron chi connectivity index (χ1n) is 15.0. The molecule has 7 aromatic carbocycles. The molecule has 0 radical (unpaired) electrons. The van der Waals surface area contributed by atoms with E-state index in [2.05, 4.69) is 162 Å². The fraction of sp³-hybridized carbons (Fsp3) is 0. The molecule has 0 aliphatic rings. The highest BCUT2D eigenvalue weighted by molar-refractivity contribution is 6.13. The Morgan fingerprint density at radius 2 is 0.864 bits per heavy atom. The molecule has 0 bridgehead atoms. The van der Waals surface area contributed by atoms with Gasteiger partial charge in [0.25, 0.3) is 0 Å². The van der Waals surface area contributed by atoms with Crippen LogP contribution in [0.5, 0.6) is 0 Å². The summed E-state index contributed by atoms with van der Waals surface area (Å²) in [5, 5.41) is 4.80. The summed E-state index contributed by atoms with van der Waals surface area (Å²) < 4.78 is 9.02. The summed E-state index contributed by atoms with van der Waals surface area (Å²) in [5.41, 5.74) is 12.4. The molecular formula is C42H27NO. The minimum atomic E-state index is 0.925. The molecule has 44 heavy (non-hydrogen) atoms. The van der Waals surface area contributed by atoms with Crippen molar-refractivity contribution in [1.29, 1.82) is 0 Å². The Balaban J connectivity index is 1.14. The normalized spacial score (nSPS) is 11.6. The highest BCUT2D eigenvalue weighted by Gasteiger charge is 2.16. The zero-order valence-electron chi connectivity index (χ0n) is 23.9. The van der Waals surface area contributed by atoms with Gasteiger partial charge in [0.05, 0.1) is 11.0 Å². The van der Waals surface area contributed by atoms with Crippen molar-refractivity contribution in [3.8, 4) is 39.1 Å². The second-order valence-electron chi connectivity index (χ2n) is 11.3. The van der Waals surface area contributed by atoms with Crippen molar-refractivity contribution in [3.63, 3.8) is 0 Å². The molecule has 9 aromatic rings. The van der Waals surface area contributed by atoms with E-state index in [9.17, 15) is 0 Å². The third-order valence-electron chi connectivity index (χ3n) is 8.83. The van der Waals surface area contributed by atoms with Gasteiger partial charge in [0.1, 0.15) is 11.2 Å². The van der Waals surface area contributed by atoms with Gasteiger partial charge in [0.15, 0.2) is 0 Å². The van der Waals surface area contributed by atoms with Crippen molar-refractivity contribution in [2.24, 2.45) is 0 Å². The number of para-hydroxylation sites is 4. The molecule has 0 atom stereocenters. The molecule has 206 valence electrons. The molecule has 0 saturated carbocycles. The molecule has 0 fully saturated rings. The summed E-state index contributed by atoms with van der Waals surface area (Å²) in [6.07, 6.45) is 0. The van der Waals surface area contributed by atoms with E-state index in [-0.39, 0.29) is 0 Å². The fourth-order valence-corrected chi connectivity index (χ4v) is 6.74. The van der Waals surface area contributed by atoms with Gasteiger partial charge in [0, 0.05) is 38.4 Å². The Labute approximate surface area is 255 Å². The van der Waals surface area contributed by atoms with Crippen molar-refractivity contribution >= 4 is 43.7 Å². The quantitative estimate of drug-likeness (QED) is 0.209. The molecule has 0 aliphatic carbocycles. The lowest BCUT2D eigenvalue weighted by Gasteiger charge is -2.09. The van der Waals surface area contributed by atoms with Gasteiger partial charge >= 0.3 is 0 Å². The van der Waals surface area contributed by atoms with Crippen molar-refractivity contribution in [1.82, 2.24) is 4.57 Å². The van der Waals surface area contributed by atoms with Crippen LogP contribution in [0.25, 0.3) is 82.8 Å². The molecule has 0 unspecified atom stereocenters. The number of furan rings is 1. The summed E-state index contributed by atoms with van der Waals surface area (Å²) in [5.74, 6) is 0. The lowest BCUT2D eigenvalue weighted by Crippen LogP contribution is -1.92. The predicted molar refractivity (Wildman–Crippen MR) is 184 cm³/mol. The number of hydrogen-bond acceptors (Lipinski definition) is 1. The van der Waals surface area contributed by atoms with Gasteiger partial charge in [-0.3, -0.25) is 0 Å². The van der Waals surface area contributed by atoms with E-state index in [1.807, 2.05) is 6.07 Å². The van der Waals surface area contributed by atoms with Crippen LogP contribution in [0.3, 0.4) is 0 Å². The standard InChI is InChI=1S/C42H27NO/c1-3-11-29(12-4-1)33-16-9-18-36-37-19-10-17-34(42(37)44-41(33)36)30-23-21-28(22-24-30)31-25-26-40-38(27-31)35-15-7-8-20-39(35)43(40)32-13-5-2-6-14-32/h1-27H. The monoisotopic (exact) mass is 561 g/mol. The summed E-state index contributed by atoms with van der Waals surface area (Å²) in [7, 11) is 0. The lowest BCUT2D eigenvalue weighted by molar-refractivity contribution is 0.671. The van der Waals surface area contributed by atoms with Crippen LogP contribution >= 0.6 is 0 Å². The Kier molecular flexibility index (Phi) is 5.54. The van der Waals surface area contributed by atoms with Gasteiger partial charge in [-0.1, -0.05) is 133 Å². The Hall–Kier alpha value is -5.86. The number of nitrogens with zero attached hydrogens (tertiary/aromatic N) is 1. The van der Waals surface area contributed by atoms with E-state index >= 15 is 0 Å². The van der Waals surface area contributed by atoms with Crippen molar-refractivity contribution in [3.05, 3.63) is 164 Å². The maximum Gasteiger partial charge on any atom is 0.143 e. The summed E-state index contributed by atoms with van der Waals surface area (Å²) in [6.45, 7) is 0. The first-order chi connectivity index (χ1) is 21.8. The smallest absolute Gasteiger partial charge is 0.143 e. The van der Waals surface area contributed by atoms with E-state index < -0.39 is 0 Å². The van der Waals surface area contributed by atoms with Gasteiger partial charge in [0.2, 0.25) is 0 Å². The molecule has 2 heterocycles. The summed E-state index contributed by atoms with van der Waals surface area (Å²) >= 11 is 0. The van der Waals surface area contributed by atoms with Crippen LogP contribution in [0.15, 0.2) is 168 Å². The molecule has 2 heteroatoms. The van der Waals surface area contributed by atoms with E-state index in [4.69, 9.17) is 4.42 Å². The number of aromatic nitrogens is 1. The van der Waals surface area contributed by atoms with Crippen LogP contribution in [0.1, 0.15) is 0 Å². The highest BCUT2D eigenvalue weighted by atomic mass is 16.3. The Morgan fingerprint density at radius 1 is 0.341 bits per heavy atom. The molecular weight excluding hydrogens is 534 g/mol. The second kappa shape index (κ2) is 9.86. The average molecular weight is 562 g/mol. The minimum absolute atomic E-state index is 0.925. The Morgan fingerprint density at radius 3 is 1.57 bits per heavy atom. The number of benzene rings is 7. The highest BCUT2D eigenvalue weighted by Crippen LogP contribution is 2.40. The molecule has 0 N–H and O–H groups in total. The van der Waals surface area contributed by atoms with Crippen molar-refractivity contribution in [2.75, 3.05) is 0 Å². The fourth-order valence-electron chi connectivity index (χ4n) is 6.74. The van der Waals surface area contributed by atoms with E-state index in [0.717, 1.165) is 44.2 Å². The van der Waals surface area contributed by atoms with E-state index in [1.54, 1.807) is 0 Å². The van der Waals surface area contributed by atoms with Gasteiger partial charge < -0.3 is 8.98 Å². The van der Waals surface area contributed by atoms with Crippen LogP contribution in [0.4, 0.5) is 0 Å². The minimum Gasteiger partial charge on any atom is -0.455 e. The maximum absolute atomic E-state index is 6.66. The van der Waals surface area contributed by atoms with Gasteiger partial charge in [-0.05, 0) is 52.6 Å².